The lowest BCUT2D eigenvalue weighted by Crippen LogP contribution is -2.45. The average Bonchev–Trinajstić information content (AvgIpc) is 2.58. The Morgan fingerprint density at radius 1 is 1.47 bits per heavy atom. The van der Waals surface area contributed by atoms with Crippen LogP contribution in [-0.2, 0) is 4.79 Å². The van der Waals surface area contributed by atoms with E-state index in [1.807, 2.05) is 0 Å². The Labute approximate surface area is 104 Å². The summed E-state index contributed by atoms with van der Waals surface area (Å²) in [7, 11) is 4.33. The van der Waals surface area contributed by atoms with E-state index < -0.39 is 5.97 Å². The molecule has 0 aromatic rings. The summed E-state index contributed by atoms with van der Waals surface area (Å²) in [5, 5.41) is 8.84. The maximum atomic E-state index is 10.7. The van der Waals surface area contributed by atoms with E-state index in [9.17, 15) is 4.79 Å². The van der Waals surface area contributed by atoms with Crippen molar-refractivity contribution in [2.24, 2.45) is 11.8 Å². The lowest BCUT2D eigenvalue weighted by Gasteiger charge is -2.39. The van der Waals surface area contributed by atoms with Crippen molar-refractivity contribution < 1.29 is 9.90 Å². The van der Waals surface area contributed by atoms with Gasteiger partial charge in [-0.3, -0.25) is 4.79 Å². The summed E-state index contributed by atoms with van der Waals surface area (Å²) in [4.78, 5) is 15.5. The van der Waals surface area contributed by atoms with E-state index in [4.69, 9.17) is 5.11 Å². The molecule has 4 nitrogen and oxygen atoms in total. The fraction of sp³-hybridized carbons (Fsp3) is 0.923. The van der Waals surface area contributed by atoms with Crippen LogP contribution in [0.5, 0.6) is 0 Å². The van der Waals surface area contributed by atoms with E-state index in [0.29, 0.717) is 6.04 Å². The molecule has 17 heavy (non-hydrogen) atoms. The summed E-state index contributed by atoms with van der Waals surface area (Å²) in [6.07, 6.45) is 4.27. The summed E-state index contributed by atoms with van der Waals surface area (Å²) >= 11 is 0. The van der Waals surface area contributed by atoms with Crippen molar-refractivity contribution in [3.8, 4) is 0 Å². The summed E-state index contributed by atoms with van der Waals surface area (Å²) in [5.41, 5.74) is 0. The first-order valence-corrected chi connectivity index (χ1v) is 6.68. The molecule has 0 aromatic heterocycles. The number of likely N-dealkylation sites (tertiary alicyclic amines) is 1. The van der Waals surface area contributed by atoms with Crippen LogP contribution >= 0.6 is 0 Å². The second-order valence-corrected chi connectivity index (χ2v) is 5.85. The number of nitrogens with zero attached hydrogens (tertiary/aromatic N) is 2. The number of carboxylic acid groups (broad SMARTS) is 1. The second kappa shape index (κ2) is 5.36. The first-order chi connectivity index (χ1) is 8.06. The maximum Gasteiger partial charge on any atom is 0.306 e. The van der Waals surface area contributed by atoms with Crippen molar-refractivity contribution in [2.75, 3.05) is 33.7 Å². The molecule has 0 bridgehead atoms. The Hall–Kier alpha value is -0.610. The predicted molar refractivity (Wildman–Crippen MR) is 67.0 cm³/mol. The van der Waals surface area contributed by atoms with Crippen LogP contribution in [0.3, 0.4) is 0 Å². The van der Waals surface area contributed by atoms with Crippen molar-refractivity contribution in [3.63, 3.8) is 0 Å². The van der Waals surface area contributed by atoms with Gasteiger partial charge in [0.1, 0.15) is 0 Å². The van der Waals surface area contributed by atoms with E-state index in [2.05, 4.69) is 23.9 Å². The minimum absolute atomic E-state index is 0.0833. The summed E-state index contributed by atoms with van der Waals surface area (Å²) in [6.45, 7) is 3.59. The monoisotopic (exact) mass is 240 g/mol. The van der Waals surface area contributed by atoms with Gasteiger partial charge in [0, 0.05) is 12.6 Å². The van der Waals surface area contributed by atoms with E-state index in [-0.39, 0.29) is 5.92 Å². The quantitative estimate of drug-likeness (QED) is 0.782. The highest BCUT2D eigenvalue weighted by Crippen LogP contribution is 2.31. The van der Waals surface area contributed by atoms with Crippen molar-refractivity contribution >= 4 is 5.97 Å². The van der Waals surface area contributed by atoms with Gasteiger partial charge in [-0.1, -0.05) is 0 Å². The molecule has 1 aliphatic heterocycles. The van der Waals surface area contributed by atoms with Gasteiger partial charge in [-0.05, 0) is 58.8 Å². The molecule has 0 radical (unpaired) electrons. The van der Waals surface area contributed by atoms with Gasteiger partial charge in [-0.2, -0.15) is 0 Å². The molecule has 0 amide bonds. The Balaban J connectivity index is 1.62. The molecule has 98 valence electrons. The first-order valence-electron chi connectivity index (χ1n) is 6.68. The Kier molecular flexibility index (Phi) is 4.05. The smallest absolute Gasteiger partial charge is 0.306 e. The molecule has 0 aromatic carbocycles. The zero-order valence-corrected chi connectivity index (χ0v) is 10.9. The van der Waals surface area contributed by atoms with Crippen LogP contribution in [0, 0.1) is 11.8 Å². The van der Waals surface area contributed by atoms with Gasteiger partial charge in [0.05, 0.1) is 5.92 Å². The fourth-order valence-electron chi connectivity index (χ4n) is 2.98. The standard InChI is InChI=1S/C13H24N2O2/c1-14-5-3-10(9-14)4-6-15(2)12-7-11(8-12)13(16)17/h10-12H,3-9H2,1-2H3,(H,16,17). The van der Waals surface area contributed by atoms with Gasteiger partial charge < -0.3 is 14.9 Å². The number of hydrogen-bond donors (Lipinski definition) is 1. The molecule has 1 atom stereocenters. The third kappa shape index (κ3) is 3.19. The van der Waals surface area contributed by atoms with E-state index >= 15 is 0 Å². The van der Waals surface area contributed by atoms with Gasteiger partial charge in [0.2, 0.25) is 0 Å². The third-order valence-corrected chi connectivity index (χ3v) is 4.46. The molecule has 1 unspecified atom stereocenters. The molecule has 1 heterocycles. The highest BCUT2D eigenvalue weighted by atomic mass is 16.4. The molecule has 1 saturated heterocycles. The molecular weight excluding hydrogens is 216 g/mol. The van der Waals surface area contributed by atoms with Gasteiger partial charge in [-0.15, -0.1) is 0 Å². The zero-order chi connectivity index (χ0) is 12.4. The molecule has 1 N–H and O–H groups in total. The number of carboxylic acids is 1. The Morgan fingerprint density at radius 3 is 2.71 bits per heavy atom. The molecule has 1 aliphatic carbocycles. The van der Waals surface area contributed by atoms with Crippen LogP contribution in [0.2, 0.25) is 0 Å². The van der Waals surface area contributed by atoms with Crippen LogP contribution in [0.1, 0.15) is 25.7 Å². The third-order valence-electron chi connectivity index (χ3n) is 4.46. The molecule has 2 rings (SSSR count). The maximum absolute atomic E-state index is 10.7. The van der Waals surface area contributed by atoms with Crippen LogP contribution in [0.15, 0.2) is 0 Å². The van der Waals surface area contributed by atoms with Crippen molar-refractivity contribution in [1.29, 1.82) is 0 Å². The largest absolute Gasteiger partial charge is 0.481 e. The SMILES string of the molecule is CN1CCC(CCN(C)C2CC(C(=O)O)C2)C1. The van der Waals surface area contributed by atoms with Crippen LogP contribution in [0.4, 0.5) is 0 Å². The van der Waals surface area contributed by atoms with Gasteiger partial charge in [-0.25, -0.2) is 0 Å². The number of carbonyl (C=O) groups is 1. The Bertz CT molecular complexity index is 277. The summed E-state index contributed by atoms with van der Waals surface area (Å²) < 4.78 is 0. The number of rotatable bonds is 5. The second-order valence-electron chi connectivity index (χ2n) is 5.85. The molecule has 4 heteroatoms. The van der Waals surface area contributed by atoms with Crippen molar-refractivity contribution in [1.82, 2.24) is 9.80 Å². The van der Waals surface area contributed by atoms with Gasteiger partial charge >= 0.3 is 5.97 Å². The number of hydrogen-bond acceptors (Lipinski definition) is 3. The lowest BCUT2D eigenvalue weighted by molar-refractivity contribution is -0.146. The lowest BCUT2D eigenvalue weighted by atomic mass is 9.79. The molecule has 1 saturated carbocycles. The molecule has 2 fully saturated rings. The zero-order valence-electron chi connectivity index (χ0n) is 10.9. The van der Waals surface area contributed by atoms with Crippen molar-refractivity contribution in [3.05, 3.63) is 0 Å². The number of aliphatic carboxylic acids is 1. The molecule has 2 aliphatic rings. The topological polar surface area (TPSA) is 43.8 Å². The minimum Gasteiger partial charge on any atom is -0.481 e. The summed E-state index contributed by atoms with van der Waals surface area (Å²) in [6, 6.07) is 0.509. The molecular formula is C13H24N2O2. The predicted octanol–water partition coefficient (Wildman–Crippen LogP) is 1.12. The highest BCUT2D eigenvalue weighted by Gasteiger charge is 2.36. The van der Waals surface area contributed by atoms with Gasteiger partial charge in [0.15, 0.2) is 0 Å². The van der Waals surface area contributed by atoms with Crippen molar-refractivity contribution in [2.45, 2.75) is 31.7 Å². The average molecular weight is 240 g/mol. The van der Waals surface area contributed by atoms with Crippen LogP contribution < -0.4 is 0 Å². The van der Waals surface area contributed by atoms with Gasteiger partial charge in [0.25, 0.3) is 0 Å². The highest BCUT2D eigenvalue weighted by molar-refractivity contribution is 5.71. The van der Waals surface area contributed by atoms with E-state index in [1.54, 1.807) is 0 Å². The molecule has 0 spiro atoms. The first kappa shape index (κ1) is 12.8. The summed E-state index contributed by atoms with van der Waals surface area (Å²) in [5.74, 6) is 0.143. The fourth-order valence-corrected chi connectivity index (χ4v) is 2.98. The minimum atomic E-state index is -0.618. The van der Waals surface area contributed by atoms with Crippen LogP contribution in [-0.4, -0.2) is 60.6 Å². The van der Waals surface area contributed by atoms with E-state index in [0.717, 1.165) is 25.3 Å². The normalized spacial score (nSPS) is 33.9. The Morgan fingerprint density at radius 2 is 2.18 bits per heavy atom. The van der Waals surface area contributed by atoms with E-state index in [1.165, 1.54) is 25.9 Å². The van der Waals surface area contributed by atoms with Crippen LogP contribution in [0.25, 0.3) is 0 Å².